The molecule has 129 heavy (non-hydrogen) atoms. The molecular formula is C98H91F2N17O12. The Balaban J connectivity index is 0.000000152. The highest BCUT2D eigenvalue weighted by Crippen LogP contribution is 2.39. The molecule has 0 unspecified atom stereocenters. The molecule has 29 nitrogen and oxygen atoms in total. The van der Waals surface area contributed by atoms with Crippen LogP contribution in [-0.2, 0) is 42.2 Å². The fourth-order valence-electron chi connectivity index (χ4n) is 14.1. The number of rotatable bonds is 21. The van der Waals surface area contributed by atoms with Crippen molar-refractivity contribution in [3.63, 3.8) is 0 Å². The largest absolute Gasteiger partial charge is 0.497 e. The number of nitrogens with one attached hydrogen (secondary N) is 3. The number of aryl methyl sites for hydroxylation is 5. The van der Waals surface area contributed by atoms with Crippen LogP contribution in [0.1, 0.15) is 111 Å². The normalized spacial score (nSPS) is 10.6. The van der Waals surface area contributed by atoms with Gasteiger partial charge in [-0.1, -0.05) is 24.3 Å². The molecule has 16 rings (SSSR count). The van der Waals surface area contributed by atoms with Crippen LogP contribution in [0, 0.1) is 66.8 Å². The second kappa shape index (κ2) is 42.9. The van der Waals surface area contributed by atoms with Gasteiger partial charge in [-0.05, 0) is 196 Å². The average molecular weight is 1740 g/mol. The summed E-state index contributed by atoms with van der Waals surface area (Å²) in [6.07, 6.45) is 13.3. The number of halogens is 2. The number of fused-ring (bicyclic) bond motifs is 6. The monoisotopic (exact) mass is 1740 g/mol. The number of para-hydroxylation sites is 1. The Morgan fingerprint density at radius 1 is 0.488 bits per heavy atom. The summed E-state index contributed by atoms with van der Waals surface area (Å²) >= 11 is 0. The highest BCUT2D eigenvalue weighted by molar-refractivity contribution is 6.07. The minimum Gasteiger partial charge on any atom is -0.497 e. The molecule has 0 atom stereocenters. The van der Waals surface area contributed by atoms with Gasteiger partial charge < -0.3 is 66.6 Å². The molecule has 9 aromatic carbocycles. The Labute approximate surface area is 741 Å². The predicted octanol–water partition coefficient (Wildman–Crippen LogP) is 21.9. The van der Waals surface area contributed by atoms with Gasteiger partial charge in [0.05, 0.1) is 100.0 Å². The van der Waals surface area contributed by atoms with E-state index in [0.717, 1.165) is 104 Å². The summed E-state index contributed by atoms with van der Waals surface area (Å²) in [7, 11) is 4.80. The van der Waals surface area contributed by atoms with Crippen LogP contribution in [0.15, 0.2) is 238 Å². The third-order valence-electron chi connectivity index (χ3n) is 20.1. The first kappa shape index (κ1) is 92.7. The van der Waals surface area contributed by atoms with Crippen molar-refractivity contribution >= 4 is 112 Å². The molecule has 0 radical (unpaired) electrons. The van der Waals surface area contributed by atoms with E-state index in [1.54, 1.807) is 106 Å². The summed E-state index contributed by atoms with van der Waals surface area (Å²) < 4.78 is 71.7. The second-order valence-corrected chi connectivity index (χ2v) is 29.2. The number of methoxy groups -OCH3 is 3. The Bertz CT molecular complexity index is 6950. The van der Waals surface area contributed by atoms with Gasteiger partial charge in [0.15, 0.2) is 0 Å². The fraction of sp³-hybridized carbons (Fsp3) is 0.204. The lowest BCUT2D eigenvalue weighted by molar-refractivity contribution is -0.384. The zero-order valence-electron chi connectivity index (χ0n) is 72.8. The Morgan fingerprint density at radius 3 is 1.46 bits per heavy atom. The zero-order valence-corrected chi connectivity index (χ0v) is 72.8. The van der Waals surface area contributed by atoms with Gasteiger partial charge in [-0.15, -0.1) is 0 Å². The molecule has 7 heterocycles. The molecular weight excluding hydrogens is 1650 g/mol. The van der Waals surface area contributed by atoms with E-state index in [4.69, 9.17) is 44.2 Å². The number of esters is 1. The average Bonchev–Trinajstić information content (AvgIpc) is 1.60. The van der Waals surface area contributed by atoms with Crippen molar-refractivity contribution in [2.75, 3.05) is 43.9 Å². The van der Waals surface area contributed by atoms with Crippen molar-refractivity contribution in [2.45, 2.75) is 107 Å². The maximum absolute atomic E-state index is 12.3. The quantitative estimate of drug-likeness (QED) is 0.0342. The van der Waals surface area contributed by atoms with Crippen LogP contribution in [0.4, 0.5) is 42.1 Å². The lowest BCUT2D eigenvalue weighted by Gasteiger charge is -2.19. The number of aromatic nitrogens is 8. The molecule has 7 aromatic heterocycles. The molecule has 0 saturated heterocycles. The summed E-state index contributed by atoms with van der Waals surface area (Å²) in [6.45, 7) is 18.6. The fourth-order valence-corrected chi connectivity index (χ4v) is 14.1. The number of benzene rings is 9. The van der Waals surface area contributed by atoms with E-state index in [0.29, 0.717) is 97.6 Å². The van der Waals surface area contributed by atoms with E-state index in [-0.39, 0.29) is 23.3 Å². The van der Waals surface area contributed by atoms with E-state index < -0.39 is 23.2 Å². The smallest absolute Gasteiger partial charge is 0.412 e. The van der Waals surface area contributed by atoms with E-state index in [9.17, 15) is 43.8 Å². The number of alkyl halides is 2. The van der Waals surface area contributed by atoms with Crippen LogP contribution in [0.5, 0.6) is 34.6 Å². The van der Waals surface area contributed by atoms with Gasteiger partial charge in [0.1, 0.15) is 76.1 Å². The number of anilines is 4. The van der Waals surface area contributed by atoms with Gasteiger partial charge >= 0.3 is 18.7 Å². The van der Waals surface area contributed by atoms with Crippen molar-refractivity contribution in [1.82, 2.24) is 37.4 Å². The van der Waals surface area contributed by atoms with E-state index in [1.807, 2.05) is 218 Å². The lowest BCUT2D eigenvalue weighted by Crippen LogP contribution is -2.27. The van der Waals surface area contributed by atoms with Gasteiger partial charge in [0, 0.05) is 167 Å². The van der Waals surface area contributed by atoms with Gasteiger partial charge in [-0.25, -0.2) is 14.6 Å². The number of non-ortho nitro benzene ring substituents is 1. The molecule has 654 valence electrons. The number of amides is 2. The Hall–Kier alpha value is -17.0. The van der Waals surface area contributed by atoms with Crippen molar-refractivity contribution in [1.29, 1.82) is 26.3 Å². The molecule has 0 saturated carbocycles. The number of nitro groups is 1. The Morgan fingerprint density at radius 2 is 0.953 bits per heavy atom. The molecule has 3 N–H and O–H groups in total. The first-order chi connectivity index (χ1) is 62.3. The van der Waals surface area contributed by atoms with Gasteiger partial charge in [-0.3, -0.25) is 29.8 Å². The zero-order chi connectivity index (χ0) is 92.6. The molecule has 0 aliphatic heterocycles. The number of hydrogen-bond acceptors (Lipinski definition) is 20. The first-order valence-electron chi connectivity index (χ1n) is 40.8. The first-order valence-corrected chi connectivity index (χ1v) is 40.8. The van der Waals surface area contributed by atoms with Crippen LogP contribution >= 0.6 is 0 Å². The number of nitrogens with zero attached hydrogens (tertiary/aromatic N) is 14. The minimum absolute atomic E-state index is 0.0553. The number of carbonyl (C=O) groups excluding carboxylic acids is 3. The molecule has 0 spiro atoms. The SMILES string of the molecule is CCOC(=O)c1cn(CC)c2cc(OC)ccc12.CCn1cc(C#N)c2ccc(C(=O)Nc3ccccc3)cc21.CCn1cc(C#N)c2ccc(NC(=O)OC(C)(C)C)cc21.CCn1cc(C#N)c2ccc(OC(F)F)cc21.CCn1cc(C#N)c2ccc(Oc3cnccn3)cc21.COc1ccc(Nc2c(C#N)c3ccc([N+](=O)[O-])cc3n2-c2ccc(OC)cc2)cc1. The van der Waals surface area contributed by atoms with Crippen molar-refractivity contribution < 1.29 is 61.2 Å². The van der Waals surface area contributed by atoms with Crippen LogP contribution in [0.2, 0.25) is 0 Å². The molecule has 31 heteroatoms. The van der Waals surface area contributed by atoms with Crippen LogP contribution in [0.25, 0.3) is 71.1 Å². The molecule has 0 bridgehead atoms. The van der Waals surface area contributed by atoms with Gasteiger partial charge in [0.25, 0.3) is 11.6 Å². The highest BCUT2D eigenvalue weighted by atomic mass is 19.3. The number of nitro benzene ring substituents is 1. The summed E-state index contributed by atoms with van der Waals surface area (Å²) in [4.78, 5) is 55.0. The number of ether oxygens (including phenoxy) is 7. The topological polar surface area (TPSA) is 369 Å². The predicted molar refractivity (Wildman–Crippen MR) is 490 cm³/mol. The third-order valence-corrected chi connectivity index (χ3v) is 20.1. The lowest BCUT2D eigenvalue weighted by atomic mass is 10.1. The van der Waals surface area contributed by atoms with Crippen LogP contribution in [0.3, 0.4) is 0 Å². The van der Waals surface area contributed by atoms with Gasteiger partial charge in [-0.2, -0.15) is 35.1 Å². The minimum atomic E-state index is -2.84. The standard InChI is InChI=1S/C23H18N4O4.C18H15N3O.C16H19N3O2.C15H12N4O.C14H17NO3.C12H10F2N2O/c1-30-18-8-3-15(4-9-18)25-23-21(14-24)20-12-7-17(27(28)29)13-22(20)26(23)16-5-10-19(31-2)11-6-16;1-2-21-12-14(11-19)16-9-8-13(10-17(16)21)18(22)20-15-6-4-3-5-7-15;1-5-19-10-11(9-17)13-7-6-12(8-14(13)19)18-15(20)21-16(2,3)4;1-2-19-10-11(8-16)13-4-3-12(7-14(13)19)20-15-9-17-5-6-18-15;1-4-15-9-12(14(16)18-5-2)11-7-6-10(17-3)8-13(11)15;1-2-16-7-8(6-15)10-4-3-9(5-11(10)16)17-12(13)14/h3-13,25H,1-2H3;3-10,12H,2H2,1H3,(H,20,22);6-8,10H,5H2,1-4H3,(H,18,20);3-7,9-10H,2H2,1H3;6-9H,4-5H2,1-3H3;3-5,7,12H,2H2,1H3. The van der Waals surface area contributed by atoms with E-state index in [2.05, 4.69) is 61.0 Å². The second-order valence-electron chi connectivity index (χ2n) is 29.2. The van der Waals surface area contributed by atoms with Crippen molar-refractivity contribution in [2.24, 2.45) is 0 Å². The Kier molecular flexibility index (Phi) is 30.8. The van der Waals surface area contributed by atoms with E-state index in [1.165, 1.54) is 24.3 Å². The summed E-state index contributed by atoms with van der Waals surface area (Å²) in [6, 6.07) is 66.0. The maximum Gasteiger partial charge on any atom is 0.412 e. The third kappa shape index (κ3) is 22.3. The van der Waals surface area contributed by atoms with Crippen LogP contribution < -0.4 is 39.6 Å². The summed E-state index contributed by atoms with van der Waals surface area (Å²) in [5.74, 6) is 3.46. The van der Waals surface area contributed by atoms with E-state index >= 15 is 0 Å². The number of carbonyl (C=O) groups is 3. The highest BCUT2D eigenvalue weighted by Gasteiger charge is 2.24. The molecule has 0 aliphatic rings. The van der Waals surface area contributed by atoms with Gasteiger partial charge in [0.2, 0.25) is 5.88 Å². The molecule has 2 amide bonds. The number of hydrogen-bond donors (Lipinski definition) is 3. The molecule has 0 aliphatic carbocycles. The summed E-state index contributed by atoms with van der Waals surface area (Å²) in [5, 5.41) is 71.5. The van der Waals surface area contributed by atoms with Crippen LogP contribution in [-0.4, -0.2) is 100 Å². The molecule has 0 fully saturated rings. The van der Waals surface area contributed by atoms with Crippen molar-refractivity contribution in [3.05, 3.63) is 287 Å². The maximum atomic E-state index is 12.3. The number of nitriles is 5. The van der Waals surface area contributed by atoms with Crippen molar-refractivity contribution in [3.8, 4) is 70.7 Å². The molecule has 16 aromatic rings. The summed E-state index contributed by atoms with van der Waals surface area (Å²) in [5.41, 5.74) is 11.4.